The van der Waals surface area contributed by atoms with E-state index in [2.05, 4.69) is 10.1 Å². The van der Waals surface area contributed by atoms with Gasteiger partial charge in [-0.1, -0.05) is 17.3 Å². The molecule has 19 heavy (non-hydrogen) atoms. The van der Waals surface area contributed by atoms with E-state index in [0.717, 1.165) is 22.3 Å². The molecular formula is C14H15N3O2. The molecule has 5 nitrogen and oxygen atoms in total. The number of aromatic amines is 1. The number of likely N-dealkylation sites (N-methyl/N-ethyl adjacent to an activating group) is 1. The number of hydrogen-bond acceptors (Lipinski definition) is 3. The van der Waals surface area contributed by atoms with Gasteiger partial charge in [0.1, 0.15) is 0 Å². The lowest BCUT2D eigenvalue weighted by molar-refractivity contribution is -0.128. The number of H-pyrrole nitrogens is 1. The Morgan fingerprint density at radius 1 is 1.47 bits per heavy atom. The lowest BCUT2D eigenvalue weighted by Crippen LogP contribution is -2.36. The van der Waals surface area contributed by atoms with Crippen molar-refractivity contribution in [2.24, 2.45) is 5.16 Å². The van der Waals surface area contributed by atoms with E-state index in [0.29, 0.717) is 6.42 Å². The van der Waals surface area contributed by atoms with E-state index in [9.17, 15) is 4.79 Å². The number of carbonyl (C=O) groups excluding carboxylic acids is 1. The van der Waals surface area contributed by atoms with E-state index in [1.165, 1.54) is 0 Å². The van der Waals surface area contributed by atoms with Crippen molar-refractivity contribution < 1.29 is 9.63 Å². The van der Waals surface area contributed by atoms with Gasteiger partial charge in [0, 0.05) is 25.1 Å². The Morgan fingerprint density at radius 3 is 3.05 bits per heavy atom. The van der Waals surface area contributed by atoms with Gasteiger partial charge in [0.2, 0.25) is 6.10 Å². The van der Waals surface area contributed by atoms with Crippen molar-refractivity contribution in [1.82, 2.24) is 4.98 Å². The normalized spacial score (nSPS) is 18.2. The number of hydrogen-bond donors (Lipinski definition) is 1. The minimum Gasteiger partial charge on any atom is -0.382 e. The number of benzene rings is 1. The van der Waals surface area contributed by atoms with Gasteiger partial charge in [-0.25, -0.2) is 0 Å². The first kappa shape index (κ1) is 11.8. The third kappa shape index (κ3) is 1.97. The van der Waals surface area contributed by atoms with Crippen LogP contribution in [0.1, 0.15) is 13.3 Å². The number of aromatic nitrogens is 1. The number of nitrogens with one attached hydrogen (secondary N) is 1. The molecule has 0 spiro atoms. The molecule has 0 saturated heterocycles. The average molecular weight is 257 g/mol. The Hall–Kier alpha value is -2.30. The molecule has 1 aliphatic rings. The minimum atomic E-state index is -0.504. The maximum atomic E-state index is 12.4. The molecule has 3 rings (SSSR count). The van der Waals surface area contributed by atoms with E-state index >= 15 is 0 Å². The minimum absolute atomic E-state index is 0.0808. The second-order valence-electron chi connectivity index (χ2n) is 4.74. The van der Waals surface area contributed by atoms with E-state index < -0.39 is 6.10 Å². The second kappa shape index (κ2) is 4.42. The van der Waals surface area contributed by atoms with Crippen LogP contribution in [0.2, 0.25) is 0 Å². The van der Waals surface area contributed by atoms with Crippen molar-refractivity contribution >= 4 is 28.2 Å². The molecule has 0 radical (unpaired) electrons. The van der Waals surface area contributed by atoms with Crippen molar-refractivity contribution in [3.63, 3.8) is 0 Å². The number of rotatable bonds is 2. The molecule has 1 aromatic heterocycles. The second-order valence-corrected chi connectivity index (χ2v) is 4.74. The van der Waals surface area contributed by atoms with Crippen LogP contribution < -0.4 is 4.90 Å². The highest BCUT2D eigenvalue weighted by Gasteiger charge is 2.30. The topological polar surface area (TPSA) is 57.7 Å². The molecule has 0 bridgehead atoms. The molecule has 0 saturated carbocycles. The Balaban J connectivity index is 1.89. The monoisotopic (exact) mass is 257 g/mol. The van der Waals surface area contributed by atoms with Gasteiger partial charge >= 0.3 is 0 Å². The number of oxime groups is 1. The summed E-state index contributed by atoms with van der Waals surface area (Å²) in [4.78, 5) is 22.3. The van der Waals surface area contributed by atoms with Crippen LogP contribution in [0.15, 0.2) is 35.6 Å². The van der Waals surface area contributed by atoms with Crippen molar-refractivity contribution in [2.75, 3.05) is 11.9 Å². The van der Waals surface area contributed by atoms with Crippen LogP contribution in [-0.2, 0) is 9.63 Å². The SMILES string of the molecule is CC1=NOC(C(=O)N(C)c2cccc3cc[nH]c23)C1. The van der Waals surface area contributed by atoms with Gasteiger partial charge in [0.05, 0.1) is 16.9 Å². The molecule has 1 aliphatic heterocycles. The van der Waals surface area contributed by atoms with Crippen molar-refractivity contribution in [1.29, 1.82) is 0 Å². The first-order valence-corrected chi connectivity index (χ1v) is 6.20. The fraction of sp³-hybridized carbons (Fsp3) is 0.286. The molecule has 0 aliphatic carbocycles. The third-order valence-corrected chi connectivity index (χ3v) is 3.35. The first-order valence-electron chi connectivity index (χ1n) is 6.20. The molecule has 1 aromatic carbocycles. The zero-order chi connectivity index (χ0) is 13.4. The Labute approximate surface area is 110 Å². The summed E-state index contributed by atoms with van der Waals surface area (Å²) in [6.07, 6.45) is 1.92. The molecular weight excluding hydrogens is 242 g/mol. The summed E-state index contributed by atoms with van der Waals surface area (Å²) < 4.78 is 0. The number of fused-ring (bicyclic) bond motifs is 1. The quantitative estimate of drug-likeness (QED) is 0.897. The highest BCUT2D eigenvalue weighted by Crippen LogP contribution is 2.26. The summed E-state index contributed by atoms with van der Waals surface area (Å²) >= 11 is 0. The molecule has 2 aromatic rings. The highest BCUT2D eigenvalue weighted by atomic mass is 16.6. The predicted molar refractivity (Wildman–Crippen MR) is 74.3 cm³/mol. The number of anilines is 1. The highest BCUT2D eigenvalue weighted by molar-refractivity contribution is 6.05. The van der Waals surface area contributed by atoms with E-state index in [1.54, 1.807) is 11.9 Å². The summed E-state index contributed by atoms with van der Waals surface area (Å²) in [6, 6.07) is 7.84. The molecule has 0 fully saturated rings. The van der Waals surface area contributed by atoms with E-state index in [-0.39, 0.29) is 5.91 Å². The van der Waals surface area contributed by atoms with Crippen LogP contribution in [-0.4, -0.2) is 29.8 Å². The zero-order valence-electron chi connectivity index (χ0n) is 10.9. The maximum Gasteiger partial charge on any atom is 0.271 e. The molecule has 1 N–H and O–H groups in total. The molecule has 1 amide bonds. The number of nitrogens with zero attached hydrogens (tertiary/aromatic N) is 2. The van der Waals surface area contributed by atoms with Crippen LogP contribution in [0, 0.1) is 0 Å². The van der Waals surface area contributed by atoms with E-state index in [1.807, 2.05) is 37.4 Å². The predicted octanol–water partition coefficient (Wildman–Crippen LogP) is 2.30. The van der Waals surface area contributed by atoms with Crippen LogP contribution in [0.3, 0.4) is 0 Å². The molecule has 5 heteroatoms. The van der Waals surface area contributed by atoms with E-state index in [4.69, 9.17) is 4.84 Å². The summed E-state index contributed by atoms with van der Waals surface area (Å²) in [6.45, 7) is 1.86. The smallest absolute Gasteiger partial charge is 0.271 e. The van der Waals surface area contributed by atoms with Gasteiger partial charge in [-0.15, -0.1) is 0 Å². The Kier molecular flexibility index (Phi) is 2.74. The average Bonchev–Trinajstić information content (AvgIpc) is 3.04. The molecule has 2 heterocycles. The summed E-state index contributed by atoms with van der Waals surface area (Å²) in [5, 5.41) is 4.91. The van der Waals surface area contributed by atoms with Gasteiger partial charge in [-0.05, 0) is 19.1 Å². The van der Waals surface area contributed by atoms with Gasteiger partial charge in [-0.3, -0.25) is 4.79 Å². The standard InChI is InChI=1S/C14H15N3O2/c1-9-8-12(19-16-9)14(18)17(2)11-5-3-4-10-6-7-15-13(10)11/h3-7,12,15H,8H2,1-2H3. The lowest BCUT2D eigenvalue weighted by Gasteiger charge is -2.20. The van der Waals surface area contributed by atoms with Crippen molar-refractivity contribution in [3.8, 4) is 0 Å². The Morgan fingerprint density at radius 2 is 2.32 bits per heavy atom. The third-order valence-electron chi connectivity index (χ3n) is 3.35. The van der Waals surface area contributed by atoms with Gasteiger partial charge < -0.3 is 14.7 Å². The van der Waals surface area contributed by atoms with Crippen LogP contribution in [0.5, 0.6) is 0 Å². The van der Waals surface area contributed by atoms with Crippen molar-refractivity contribution in [3.05, 3.63) is 30.5 Å². The number of amides is 1. The van der Waals surface area contributed by atoms with Gasteiger partial charge in [0.25, 0.3) is 5.91 Å². The number of para-hydroxylation sites is 1. The molecule has 98 valence electrons. The number of carbonyl (C=O) groups is 1. The maximum absolute atomic E-state index is 12.4. The first-order chi connectivity index (χ1) is 9.16. The largest absolute Gasteiger partial charge is 0.382 e. The summed E-state index contributed by atoms with van der Waals surface area (Å²) in [5.74, 6) is -0.0808. The van der Waals surface area contributed by atoms with Gasteiger partial charge in [-0.2, -0.15) is 0 Å². The summed E-state index contributed by atoms with van der Waals surface area (Å²) in [5.41, 5.74) is 2.65. The van der Waals surface area contributed by atoms with Crippen molar-refractivity contribution in [2.45, 2.75) is 19.4 Å². The summed E-state index contributed by atoms with van der Waals surface area (Å²) in [7, 11) is 1.76. The zero-order valence-corrected chi connectivity index (χ0v) is 10.9. The van der Waals surface area contributed by atoms with Crippen LogP contribution in [0.4, 0.5) is 5.69 Å². The Bertz CT molecular complexity index is 660. The van der Waals surface area contributed by atoms with Crippen LogP contribution >= 0.6 is 0 Å². The van der Waals surface area contributed by atoms with Crippen LogP contribution in [0.25, 0.3) is 10.9 Å². The molecule has 1 unspecified atom stereocenters. The van der Waals surface area contributed by atoms with Gasteiger partial charge in [0.15, 0.2) is 0 Å². The fourth-order valence-corrected chi connectivity index (χ4v) is 2.31. The molecule has 1 atom stereocenters. The fourth-order valence-electron chi connectivity index (χ4n) is 2.31. The lowest BCUT2D eigenvalue weighted by atomic mass is 10.1.